The highest BCUT2D eigenvalue weighted by Gasteiger charge is 2.16. The van der Waals surface area contributed by atoms with E-state index in [-0.39, 0.29) is 23.5 Å². The van der Waals surface area contributed by atoms with Gasteiger partial charge >= 0.3 is 0 Å². The van der Waals surface area contributed by atoms with Gasteiger partial charge in [-0.25, -0.2) is 13.1 Å². The van der Waals surface area contributed by atoms with E-state index < -0.39 is 10.0 Å². The summed E-state index contributed by atoms with van der Waals surface area (Å²) in [5, 5.41) is 2.68. The third-order valence-corrected chi connectivity index (χ3v) is 6.41. The van der Waals surface area contributed by atoms with E-state index in [0.717, 1.165) is 10.0 Å². The topological polar surface area (TPSA) is 84.5 Å². The van der Waals surface area contributed by atoms with Gasteiger partial charge in [0, 0.05) is 16.2 Å². The second kappa shape index (κ2) is 9.34. The lowest BCUT2D eigenvalue weighted by Gasteiger charge is -2.13. The van der Waals surface area contributed by atoms with Crippen LogP contribution in [-0.4, -0.2) is 27.0 Å². The summed E-state index contributed by atoms with van der Waals surface area (Å²) in [6.07, 6.45) is 0.700. The van der Waals surface area contributed by atoms with Crippen LogP contribution < -0.4 is 14.8 Å². The molecule has 0 heterocycles. The molecule has 0 aliphatic heterocycles. The minimum atomic E-state index is -3.56. The molecule has 2 aromatic rings. The van der Waals surface area contributed by atoms with Gasteiger partial charge in [0.1, 0.15) is 5.75 Å². The molecule has 1 amide bonds. The first-order valence-electron chi connectivity index (χ1n) is 8.52. The molecule has 2 aromatic carbocycles. The van der Waals surface area contributed by atoms with E-state index in [1.807, 2.05) is 26.0 Å². The van der Waals surface area contributed by atoms with Crippen LogP contribution in [0.5, 0.6) is 5.75 Å². The fraction of sp³-hybridized carbons (Fsp3) is 0.316. The van der Waals surface area contributed by atoms with Crippen LogP contribution in [0, 0.1) is 6.92 Å². The number of carbonyl (C=O) groups is 1. The number of hydrogen-bond acceptors (Lipinski definition) is 4. The van der Waals surface area contributed by atoms with Crippen molar-refractivity contribution >= 4 is 37.5 Å². The summed E-state index contributed by atoms with van der Waals surface area (Å²) in [4.78, 5) is 12.2. The molecule has 8 heteroatoms. The third-order valence-electron chi connectivity index (χ3n) is 3.92. The van der Waals surface area contributed by atoms with Crippen molar-refractivity contribution < 1.29 is 17.9 Å². The van der Waals surface area contributed by atoms with Crippen LogP contribution in [0.1, 0.15) is 25.8 Å². The molecule has 0 fully saturated rings. The highest BCUT2D eigenvalue weighted by atomic mass is 79.9. The van der Waals surface area contributed by atoms with E-state index in [4.69, 9.17) is 4.74 Å². The Hall–Kier alpha value is -1.90. The van der Waals surface area contributed by atoms with Crippen LogP contribution in [0.2, 0.25) is 0 Å². The fourth-order valence-electron chi connectivity index (χ4n) is 2.19. The van der Waals surface area contributed by atoms with Gasteiger partial charge < -0.3 is 10.1 Å². The fourth-order valence-corrected chi connectivity index (χ4v) is 3.76. The number of nitrogens with one attached hydrogen (secondary N) is 2. The van der Waals surface area contributed by atoms with E-state index in [0.29, 0.717) is 17.9 Å². The SMILES string of the molecule is CCC(C)NS(=O)(=O)c1ccc(NC(=O)COc2ccc(Br)c(C)c2)cc1. The van der Waals surface area contributed by atoms with Crippen molar-refractivity contribution in [1.29, 1.82) is 0 Å². The molecule has 0 radical (unpaired) electrons. The van der Waals surface area contributed by atoms with Crippen molar-refractivity contribution in [2.45, 2.75) is 38.1 Å². The summed E-state index contributed by atoms with van der Waals surface area (Å²) in [7, 11) is -3.56. The first-order valence-corrected chi connectivity index (χ1v) is 10.8. The number of halogens is 1. The Morgan fingerprint density at radius 2 is 1.85 bits per heavy atom. The smallest absolute Gasteiger partial charge is 0.262 e. The number of hydrogen-bond donors (Lipinski definition) is 2. The molecule has 0 saturated carbocycles. The Balaban J connectivity index is 1.93. The lowest BCUT2D eigenvalue weighted by Crippen LogP contribution is -2.31. The number of carbonyl (C=O) groups excluding carboxylic acids is 1. The van der Waals surface area contributed by atoms with Gasteiger partial charge in [-0.15, -0.1) is 0 Å². The first-order chi connectivity index (χ1) is 12.7. The largest absolute Gasteiger partial charge is 0.484 e. The number of rotatable bonds is 8. The van der Waals surface area contributed by atoms with E-state index in [9.17, 15) is 13.2 Å². The van der Waals surface area contributed by atoms with Crippen LogP contribution in [0.3, 0.4) is 0 Å². The average molecular weight is 455 g/mol. The van der Waals surface area contributed by atoms with E-state index >= 15 is 0 Å². The number of anilines is 1. The van der Waals surface area contributed by atoms with E-state index in [2.05, 4.69) is 26.0 Å². The molecule has 6 nitrogen and oxygen atoms in total. The van der Waals surface area contributed by atoms with Gasteiger partial charge in [-0.05, 0) is 68.3 Å². The van der Waals surface area contributed by atoms with Crippen molar-refractivity contribution in [3.05, 3.63) is 52.5 Å². The van der Waals surface area contributed by atoms with Crippen molar-refractivity contribution in [2.75, 3.05) is 11.9 Å². The maximum atomic E-state index is 12.2. The summed E-state index contributed by atoms with van der Waals surface area (Å²) < 4.78 is 33.5. The Kier molecular flexibility index (Phi) is 7.41. The molecule has 146 valence electrons. The van der Waals surface area contributed by atoms with Crippen molar-refractivity contribution in [2.24, 2.45) is 0 Å². The van der Waals surface area contributed by atoms with E-state index in [1.165, 1.54) is 12.1 Å². The normalized spacial score (nSPS) is 12.4. The molecule has 0 aliphatic carbocycles. The Bertz CT molecular complexity index is 898. The molecule has 2 N–H and O–H groups in total. The second-order valence-electron chi connectivity index (χ2n) is 6.20. The maximum absolute atomic E-state index is 12.2. The van der Waals surface area contributed by atoms with Crippen LogP contribution in [0.4, 0.5) is 5.69 Å². The third kappa shape index (κ3) is 6.34. The number of sulfonamides is 1. The Labute approximate surface area is 168 Å². The van der Waals surface area contributed by atoms with Crippen molar-refractivity contribution in [1.82, 2.24) is 4.72 Å². The monoisotopic (exact) mass is 454 g/mol. The maximum Gasteiger partial charge on any atom is 0.262 e. The first kappa shape index (κ1) is 21.4. The van der Waals surface area contributed by atoms with Crippen LogP contribution in [0.25, 0.3) is 0 Å². The predicted octanol–water partition coefficient (Wildman–Crippen LogP) is 3.85. The molecule has 0 bridgehead atoms. The highest BCUT2D eigenvalue weighted by Crippen LogP contribution is 2.21. The molecule has 27 heavy (non-hydrogen) atoms. The van der Waals surface area contributed by atoms with Crippen molar-refractivity contribution in [3.8, 4) is 5.75 Å². The zero-order chi connectivity index (χ0) is 20.0. The number of ether oxygens (including phenoxy) is 1. The second-order valence-corrected chi connectivity index (χ2v) is 8.77. The lowest BCUT2D eigenvalue weighted by atomic mass is 10.2. The molecular formula is C19H23BrN2O4S. The summed E-state index contributed by atoms with van der Waals surface area (Å²) in [5.74, 6) is 0.271. The molecule has 0 aliphatic rings. The minimum absolute atomic E-state index is 0.142. The number of benzene rings is 2. The van der Waals surface area contributed by atoms with Crippen LogP contribution >= 0.6 is 15.9 Å². The van der Waals surface area contributed by atoms with Gasteiger partial charge in [-0.2, -0.15) is 0 Å². The quantitative estimate of drug-likeness (QED) is 0.634. The van der Waals surface area contributed by atoms with Gasteiger partial charge in [0.25, 0.3) is 5.91 Å². The van der Waals surface area contributed by atoms with Crippen LogP contribution in [-0.2, 0) is 14.8 Å². The van der Waals surface area contributed by atoms with Gasteiger partial charge in [0.05, 0.1) is 4.90 Å². The molecule has 1 unspecified atom stereocenters. The predicted molar refractivity (Wildman–Crippen MR) is 110 cm³/mol. The number of aryl methyl sites for hydroxylation is 1. The molecule has 0 spiro atoms. The summed E-state index contributed by atoms with van der Waals surface area (Å²) in [6, 6.07) is 11.3. The average Bonchev–Trinajstić information content (AvgIpc) is 2.62. The lowest BCUT2D eigenvalue weighted by molar-refractivity contribution is -0.118. The van der Waals surface area contributed by atoms with Crippen LogP contribution in [0.15, 0.2) is 51.8 Å². The highest BCUT2D eigenvalue weighted by molar-refractivity contribution is 9.10. The van der Waals surface area contributed by atoms with Gasteiger partial charge in [0.15, 0.2) is 6.61 Å². The minimum Gasteiger partial charge on any atom is -0.484 e. The molecule has 0 saturated heterocycles. The Morgan fingerprint density at radius 3 is 2.44 bits per heavy atom. The van der Waals surface area contributed by atoms with Gasteiger partial charge in [-0.3, -0.25) is 4.79 Å². The zero-order valence-electron chi connectivity index (χ0n) is 15.5. The van der Waals surface area contributed by atoms with Crippen molar-refractivity contribution in [3.63, 3.8) is 0 Å². The molecular weight excluding hydrogens is 432 g/mol. The van der Waals surface area contributed by atoms with Gasteiger partial charge in [-0.1, -0.05) is 22.9 Å². The van der Waals surface area contributed by atoms with E-state index in [1.54, 1.807) is 25.1 Å². The molecule has 2 rings (SSSR count). The standard InChI is InChI=1S/C19H23BrN2O4S/c1-4-14(3)22-27(24,25)17-8-5-15(6-9-17)21-19(23)12-26-16-7-10-18(20)13(2)11-16/h5-11,14,22H,4,12H2,1-3H3,(H,21,23). The number of amides is 1. The summed E-state index contributed by atoms with van der Waals surface area (Å²) >= 11 is 3.41. The molecule has 0 aromatic heterocycles. The zero-order valence-corrected chi connectivity index (χ0v) is 17.9. The molecule has 1 atom stereocenters. The summed E-state index contributed by atoms with van der Waals surface area (Å²) in [5.41, 5.74) is 1.51. The Morgan fingerprint density at radius 1 is 1.19 bits per heavy atom. The van der Waals surface area contributed by atoms with Gasteiger partial charge in [0.2, 0.25) is 10.0 Å². The summed E-state index contributed by atoms with van der Waals surface area (Å²) in [6.45, 7) is 5.50.